The predicted octanol–water partition coefficient (Wildman–Crippen LogP) is 1.18. The summed E-state index contributed by atoms with van der Waals surface area (Å²) in [4.78, 5) is 22.2. The first kappa shape index (κ1) is 16.5. The van der Waals surface area contributed by atoms with Crippen molar-refractivity contribution >= 4 is 23.6 Å². The number of thioether (sulfide) groups is 1. The van der Waals surface area contributed by atoms with Gasteiger partial charge < -0.3 is 15.2 Å². The number of hydrogen-bond donors (Lipinski definition) is 2. The topological polar surface area (TPSA) is 75.6 Å². The third-order valence-corrected chi connectivity index (χ3v) is 3.61. The Morgan fingerprint density at radius 3 is 2.65 bits per heavy atom. The number of aryl methyl sites for hydroxylation is 1. The summed E-state index contributed by atoms with van der Waals surface area (Å²) in [6, 6.07) is 10.1. The first-order valence-corrected chi connectivity index (χ1v) is 7.43. The molecule has 0 fully saturated rings. The van der Waals surface area contributed by atoms with Gasteiger partial charge in [-0.1, -0.05) is 30.3 Å². The molecule has 2 N–H and O–H groups in total. The normalized spacial score (nSPS) is 11.8. The van der Waals surface area contributed by atoms with Crippen LogP contribution < -0.4 is 5.32 Å². The summed E-state index contributed by atoms with van der Waals surface area (Å²) >= 11 is 1.52. The van der Waals surface area contributed by atoms with Gasteiger partial charge in [0.25, 0.3) is 0 Å². The largest absolute Gasteiger partial charge is 0.479 e. The van der Waals surface area contributed by atoms with Crippen LogP contribution >= 0.6 is 11.8 Å². The fraction of sp³-hybridized carbons (Fsp3) is 0.429. The van der Waals surface area contributed by atoms with Crippen molar-refractivity contribution in [2.75, 3.05) is 25.2 Å². The standard InChI is InChI=1S/C14H19NO4S/c1-19-12(14(17)18)9-15-13(16)10-20-8-7-11-5-3-2-4-6-11/h2-6,12H,7-10H2,1H3,(H,15,16)(H,17,18). The van der Waals surface area contributed by atoms with Crippen LogP contribution in [0.1, 0.15) is 5.56 Å². The Morgan fingerprint density at radius 1 is 1.35 bits per heavy atom. The average molecular weight is 297 g/mol. The number of carbonyl (C=O) groups is 2. The van der Waals surface area contributed by atoms with Gasteiger partial charge in [0.1, 0.15) is 0 Å². The molecule has 6 heteroatoms. The van der Waals surface area contributed by atoms with E-state index in [0.717, 1.165) is 12.2 Å². The van der Waals surface area contributed by atoms with Crippen LogP contribution in [-0.4, -0.2) is 48.2 Å². The molecule has 0 aliphatic heterocycles. The second kappa shape index (κ2) is 9.39. The summed E-state index contributed by atoms with van der Waals surface area (Å²) in [5.74, 6) is -0.0802. The zero-order valence-corrected chi connectivity index (χ0v) is 12.2. The quantitative estimate of drug-likeness (QED) is 0.669. The van der Waals surface area contributed by atoms with E-state index in [1.165, 1.54) is 24.4 Å². The number of carboxylic acids is 1. The number of amides is 1. The second-order valence-corrected chi connectivity index (χ2v) is 5.26. The fourth-order valence-electron chi connectivity index (χ4n) is 1.53. The summed E-state index contributed by atoms with van der Waals surface area (Å²) in [5.41, 5.74) is 1.24. The van der Waals surface area contributed by atoms with Crippen LogP contribution in [0.2, 0.25) is 0 Å². The van der Waals surface area contributed by atoms with E-state index < -0.39 is 12.1 Å². The number of nitrogens with one attached hydrogen (secondary N) is 1. The number of aliphatic carboxylic acids is 1. The zero-order chi connectivity index (χ0) is 14.8. The summed E-state index contributed by atoms with van der Waals surface area (Å²) in [6.07, 6.45) is -0.0810. The summed E-state index contributed by atoms with van der Waals surface area (Å²) < 4.78 is 4.72. The van der Waals surface area contributed by atoms with Gasteiger partial charge in [-0.2, -0.15) is 11.8 Å². The molecule has 1 aromatic rings. The SMILES string of the molecule is COC(CNC(=O)CSCCc1ccccc1)C(=O)O. The Morgan fingerprint density at radius 2 is 2.05 bits per heavy atom. The van der Waals surface area contributed by atoms with E-state index in [-0.39, 0.29) is 12.5 Å². The van der Waals surface area contributed by atoms with Crippen molar-refractivity contribution in [3.05, 3.63) is 35.9 Å². The van der Waals surface area contributed by atoms with Gasteiger partial charge in [-0.3, -0.25) is 4.79 Å². The molecule has 110 valence electrons. The molecule has 1 rings (SSSR count). The number of ether oxygens (including phenoxy) is 1. The molecule has 0 heterocycles. The summed E-state index contributed by atoms with van der Waals surface area (Å²) in [5, 5.41) is 11.3. The van der Waals surface area contributed by atoms with Crippen LogP contribution in [0, 0.1) is 0 Å². The van der Waals surface area contributed by atoms with Gasteiger partial charge in [0.2, 0.25) is 5.91 Å². The maximum absolute atomic E-state index is 11.5. The van der Waals surface area contributed by atoms with E-state index in [2.05, 4.69) is 17.4 Å². The van der Waals surface area contributed by atoms with Gasteiger partial charge in [-0.05, 0) is 17.7 Å². The third-order valence-electron chi connectivity index (χ3n) is 2.66. The van der Waals surface area contributed by atoms with Gasteiger partial charge in [0, 0.05) is 7.11 Å². The van der Waals surface area contributed by atoms with Crippen molar-refractivity contribution in [3.63, 3.8) is 0 Å². The molecule has 0 aromatic heterocycles. The fourth-order valence-corrected chi connectivity index (χ4v) is 2.34. The number of rotatable bonds is 9. The van der Waals surface area contributed by atoms with Crippen LogP contribution in [0.5, 0.6) is 0 Å². The minimum atomic E-state index is -1.08. The first-order chi connectivity index (χ1) is 9.63. The molecule has 1 unspecified atom stereocenters. The van der Waals surface area contributed by atoms with Crippen molar-refractivity contribution in [1.82, 2.24) is 5.32 Å². The molecule has 1 atom stereocenters. The monoisotopic (exact) mass is 297 g/mol. The molecule has 0 spiro atoms. The van der Waals surface area contributed by atoms with Crippen molar-refractivity contribution < 1.29 is 19.4 Å². The highest BCUT2D eigenvalue weighted by Crippen LogP contribution is 2.06. The maximum Gasteiger partial charge on any atom is 0.334 e. The highest BCUT2D eigenvalue weighted by atomic mass is 32.2. The lowest BCUT2D eigenvalue weighted by Crippen LogP contribution is -2.38. The third kappa shape index (κ3) is 6.58. The Kier molecular flexibility index (Phi) is 7.75. The van der Waals surface area contributed by atoms with Crippen LogP contribution in [0.4, 0.5) is 0 Å². The van der Waals surface area contributed by atoms with Crippen LogP contribution in [0.3, 0.4) is 0 Å². The number of carbonyl (C=O) groups excluding carboxylic acids is 1. The zero-order valence-electron chi connectivity index (χ0n) is 11.4. The van der Waals surface area contributed by atoms with E-state index in [1.807, 2.05) is 18.2 Å². The van der Waals surface area contributed by atoms with Crippen molar-refractivity contribution in [2.24, 2.45) is 0 Å². The minimum absolute atomic E-state index is 0.0100. The van der Waals surface area contributed by atoms with E-state index in [1.54, 1.807) is 0 Å². The number of hydrogen-bond acceptors (Lipinski definition) is 4. The smallest absolute Gasteiger partial charge is 0.334 e. The van der Waals surface area contributed by atoms with Crippen molar-refractivity contribution in [3.8, 4) is 0 Å². The molecule has 0 aliphatic rings. The highest BCUT2D eigenvalue weighted by molar-refractivity contribution is 7.99. The molecule has 0 aliphatic carbocycles. The molecule has 0 bridgehead atoms. The van der Waals surface area contributed by atoms with E-state index >= 15 is 0 Å². The molecule has 20 heavy (non-hydrogen) atoms. The van der Waals surface area contributed by atoms with Gasteiger partial charge in [0.05, 0.1) is 12.3 Å². The minimum Gasteiger partial charge on any atom is -0.479 e. The summed E-state index contributed by atoms with van der Waals surface area (Å²) in [7, 11) is 1.31. The molecule has 5 nitrogen and oxygen atoms in total. The lowest BCUT2D eigenvalue weighted by Gasteiger charge is -2.11. The van der Waals surface area contributed by atoms with Gasteiger partial charge in [-0.25, -0.2) is 4.79 Å². The number of carboxylic acid groups (broad SMARTS) is 1. The first-order valence-electron chi connectivity index (χ1n) is 6.27. The molecule has 1 amide bonds. The lowest BCUT2D eigenvalue weighted by molar-refractivity contribution is -0.148. The molecular weight excluding hydrogens is 278 g/mol. The number of benzene rings is 1. The summed E-state index contributed by atoms with van der Waals surface area (Å²) in [6.45, 7) is -0.0100. The van der Waals surface area contributed by atoms with E-state index in [4.69, 9.17) is 9.84 Å². The Bertz CT molecular complexity index is 424. The molecule has 0 saturated heterocycles. The highest BCUT2D eigenvalue weighted by Gasteiger charge is 2.16. The second-order valence-electron chi connectivity index (χ2n) is 4.15. The van der Waals surface area contributed by atoms with Crippen molar-refractivity contribution in [1.29, 1.82) is 0 Å². The van der Waals surface area contributed by atoms with E-state index in [9.17, 15) is 9.59 Å². The maximum atomic E-state index is 11.5. The van der Waals surface area contributed by atoms with Crippen LogP contribution in [0.25, 0.3) is 0 Å². The van der Waals surface area contributed by atoms with Gasteiger partial charge in [0.15, 0.2) is 6.10 Å². The Balaban J connectivity index is 2.13. The lowest BCUT2D eigenvalue weighted by atomic mass is 10.2. The van der Waals surface area contributed by atoms with Crippen LogP contribution in [-0.2, 0) is 20.7 Å². The molecular formula is C14H19NO4S. The molecule has 0 radical (unpaired) electrons. The Hall–Kier alpha value is -1.53. The molecule has 0 saturated carbocycles. The van der Waals surface area contributed by atoms with Crippen LogP contribution in [0.15, 0.2) is 30.3 Å². The van der Waals surface area contributed by atoms with E-state index in [0.29, 0.717) is 5.75 Å². The van der Waals surface area contributed by atoms with Crippen molar-refractivity contribution in [2.45, 2.75) is 12.5 Å². The number of methoxy groups -OCH3 is 1. The predicted molar refractivity (Wildman–Crippen MR) is 78.9 cm³/mol. The average Bonchev–Trinajstić information content (AvgIpc) is 2.45. The Labute approximate surface area is 122 Å². The van der Waals surface area contributed by atoms with Gasteiger partial charge >= 0.3 is 5.97 Å². The van der Waals surface area contributed by atoms with Gasteiger partial charge in [-0.15, -0.1) is 0 Å². The molecule has 1 aromatic carbocycles.